The minimum atomic E-state index is -0.287. The Morgan fingerprint density at radius 1 is 1.18 bits per heavy atom. The van der Waals surface area contributed by atoms with Gasteiger partial charge in [-0.05, 0) is 66.9 Å². The van der Waals surface area contributed by atoms with Gasteiger partial charge in [-0.15, -0.1) is 5.10 Å². The van der Waals surface area contributed by atoms with Gasteiger partial charge in [-0.2, -0.15) is 4.68 Å². The van der Waals surface area contributed by atoms with Crippen molar-refractivity contribution < 1.29 is 18.8 Å². The Morgan fingerprint density at radius 3 is 2.76 bits per heavy atom. The molecule has 10 nitrogen and oxygen atoms in total. The maximum atomic E-state index is 12.9. The van der Waals surface area contributed by atoms with Crippen LogP contribution in [-0.2, 0) is 6.61 Å². The monoisotopic (exact) mass is 466 g/mol. The second-order valence-corrected chi connectivity index (χ2v) is 7.81. The van der Waals surface area contributed by atoms with E-state index in [1.54, 1.807) is 35.0 Å². The molecule has 170 valence electrons. The number of carbonyl (C=O) groups is 1. The van der Waals surface area contributed by atoms with Crippen molar-refractivity contribution in [2.75, 3.05) is 18.7 Å². The highest BCUT2D eigenvalue weighted by atomic mass is 32.2. The number of hydrogen-bond donors (Lipinski definition) is 1. The van der Waals surface area contributed by atoms with E-state index in [9.17, 15) is 4.79 Å². The number of hydrogen-bond acceptors (Lipinski definition) is 9. The maximum absolute atomic E-state index is 12.9. The first-order valence-corrected chi connectivity index (χ1v) is 11.2. The number of aromatic nitrogens is 5. The van der Waals surface area contributed by atoms with Crippen molar-refractivity contribution in [2.45, 2.75) is 25.6 Å². The van der Waals surface area contributed by atoms with Crippen LogP contribution in [0.15, 0.2) is 52.1 Å². The molecule has 2 aromatic carbocycles. The van der Waals surface area contributed by atoms with E-state index >= 15 is 0 Å². The van der Waals surface area contributed by atoms with Gasteiger partial charge in [0.2, 0.25) is 5.16 Å². The van der Waals surface area contributed by atoms with Crippen molar-refractivity contribution in [1.29, 1.82) is 0 Å². The van der Waals surface area contributed by atoms with Crippen molar-refractivity contribution in [3.8, 4) is 17.2 Å². The number of carbonyl (C=O) groups excluding carboxylic acids is 1. The number of nitrogens with zero attached hydrogens (tertiary/aromatic N) is 5. The quantitative estimate of drug-likeness (QED) is 0.387. The lowest BCUT2D eigenvalue weighted by atomic mass is 10.1. The zero-order valence-corrected chi connectivity index (χ0v) is 19.3. The molecule has 0 unspecified atom stereocenters. The fraction of sp³-hybridized carbons (Fsp3) is 0.227. The van der Waals surface area contributed by atoms with E-state index in [1.165, 1.54) is 18.9 Å². The third kappa shape index (κ3) is 4.82. The lowest BCUT2D eigenvalue weighted by molar-refractivity contribution is 0.102. The van der Waals surface area contributed by atoms with E-state index in [-0.39, 0.29) is 12.5 Å². The highest BCUT2D eigenvalue weighted by Crippen LogP contribution is 2.30. The van der Waals surface area contributed by atoms with Crippen LogP contribution in [0.2, 0.25) is 0 Å². The lowest BCUT2D eigenvalue weighted by Gasteiger charge is -2.13. The number of methoxy groups -OCH3 is 1. The Balaban J connectivity index is 1.49. The molecule has 0 radical (unpaired) electrons. The molecule has 0 fully saturated rings. The van der Waals surface area contributed by atoms with Crippen LogP contribution in [0.4, 0.5) is 5.69 Å². The number of benzene rings is 2. The molecule has 0 atom stereocenters. The minimum Gasteiger partial charge on any atom is -0.493 e. The van der Waals surface area contributed by atoms with E-state index in [0.29, 0.717) is 33.7 Å². The molecule has 0 bridgehead atoms. The smallest absolute Gasteiger partial charge is 0.255 e. The van der Waals surface area contributed by atoms with E-state index in [4.69, 9.17) is 14.0 Å². The Hall–Kier alpha value is -3.86. The Labute approximate surface area is 194 Å². The number of anilines is 1. The molecule has 0 aliphatic heterocycles. The minimum absolute atomic E-state index is 0.283. The van der Waals surface area contributed by atoms with E-state index in [0.717, 1.165) is 16.9 Å². The third-order valence-corrected chi connectivity index (χ3v) is 5.57. The van der Waals surface area contributed by atoms with Gasteiger partial charge in [0, 0.05) is 11.3 Å². The van der Waals surface area contributed by atoms with Crippen molar-refractivity contribution in [2.24, 2.45) is 0 Å². The molecular formula is C22H22N6O4S. The Morgan fingerprint density at radius 2 is 2.03 bits per heavy atom. The Bertz CT molecular complexity index is 1270. The lowest BCUT2D eigenvalue weighted by Crippen LogP contribution is -2.12. The van der Waals surface area contributed by atoms with E-state index in [2.05, 4.69) is 26.0 Å². The van der Waals surface area contributed by atoms with Crippen molar-refractivity contribution >= 4 is 23.4 Å². The summed E-state index contributed by atoms with van der Waals surface area (Å²) >= 11 is 1.43. The molecule has 2 aromatic heterocycles. The molecule has 4 aromatic rings. The van der Waals surface area contributed by atoms with Crippen LogP contribution < -0.4 is 14.8 Å². The summed E-state index contributed by atoms with van der Waals surface area (Å²) in [6, 6.07) is 12.3. The van der Waals surface area contributed by atoms with Crippen LogP contribution in [0.3, 0.4) is 0 Å². The molecule has 0 aliphatic carbocycles. The first-order chi connectivity index (χ1) is 16.0. The largest absolute Gasteiger partial charge is 0.493 e. The first kappa shape index (κ1) is 22.3. The third-order valence-electron chi connectivity index (χ3n) is 4.95. The molecule has 11 heteroatoms. The van der Waals surface area contributed by atoms with E-state index < -0.39 is 0 Å². The topological polar surface area (TPSA) is 117 Å². The molecule has 1 N–H and O–H groups in total. The van der Waals surface area contributed by atoms with Crippen LogP contribution in [0.1, 0.15) is 27.4 Å². The molecule has 4 rings (SSSR count). The molecule has 2 heterocycles. The summed E-state index contributed by atoms with van der Waals surface area (Å²) in [5.74, 6) is 1.38. The summed E-state index contributed by atoms with van der Waals surface area (Å²) in [6.45, 7) is 3.97. The predicted octanol–water partition coefficient (Wildman–Crippen LogP) is 3.83. The van der Waals surface area contributed by atoms with Crippen LogP contribution in [0.5, 0.6) is 11.5 Å². The van der Waals surface area contributed by atoms with Crippen molar-refractivity contribution in [1.82, 2.24) is 25.4 Å². The van der Waals surface area contributed by atoms with Gasteiger partial charge in [0.1, 0.15) is 12.4 Å². The molecule has 1 amide bonds. The highest BCUT2D eigenvalue weighted by Gasteiger charge is 2.15. The zero-order chi connectivity index (χ0) is 23.4. The maximum Gasteiger partial charge on any atom is 0.255 e. The summed E-state index contributed by atoms with van der Waals surface area (Å²) in [5.41, 5.74) is 3.43. The normalized spacial score (nSPS) is 10.8. The summed E-state index contributed by atoms with van der Waals surface area (Å²) in [7, 11) is 1.53. The average molecular weight is 467 g/mol. The van der Waals surface area contributed by atoms with Crippen molar-refractivity contribution in [3.63, 3.8) is 0 Å². The standard InChI is InChI=1S/C22H22N6O4S/c1-13-18(14(2)32-25-13)12-31-19-9-8-15(10-20(19)30-3)21(29)23-16-6-5-7-17(11-16)28-22(33-4)24-26-27-28/h5-11H,12H2,1-4H3,(H,23,29). The second kappa shape index (κ2) is 9.74. The number of ether oxygens (including phenoxy) is 2. The number of aryl methyl sites for hydroxylation is 2. The van der Waals surface area contributed by atoms with Crippen molar-refractivity contribution in [3.05, 3.63) is 65.0 Å². The molecule has 0 aliphatic rings. The highest BCUT2D eigenvalue weighted by molar-refractivity contribution is 7.98. The van der Waals surface area contributed by atoms with Gasteiger partial charge in [0.25, 0.3) is 5.91 Å². The van der Waals surface area contributed by atoms with E-state index in [1.807, 2.05) is 32.2 Å². The van der Waals surface area contributed by atoms with Crippen LogP contribution >= 0.6 is 11.8 Å². The van der Waals surface area contributed by atoms with Gasteiger partial charge in [-0.1, -0.05) is 23.0 Å². The van der Waals surface area contributed by atoms with Gasteiger partial charge in [0.15, 0.2) is 11.5 Å². The fourth-order valence-electron chi connectivity index (χ4n) is 3.17. The van der Waals surface area contributed by atoms with Gasteiger partial charge >= 0.3 is 0 Å². The second-order valence-electron chi connectivity index (χ2n) is 7.04. The molecule has 33 heavy (non-hydrogen) atoms. The van der Waals surface area contributed by atoms with Gasteiger partial charge in [-0.3, -0.25) is 4.79 Å². The zero-order valence-electron chi connectivity index (χ0n) is 18.5. The van der Waals surface area contributed by atoms with Crippen LogP contribution in [0, 0.1) is 13.8 Å². The summed E-state index contributed by atoms with van der Waals surface area (Å²) in [5, 5.41) is 19.1. The molecule has 0 saturated heterocycles. The van der Waals surface area contributed by atoms with Crippen LogP contribution in [0.25, 0.3) is 5.69 Å². The summed E-state index contributed by atoms with van der Waals surface area (Å²) < 4.78 is 18.1. The summed E-state index contributed by atoms with van der Waals surface area (Å²) in [4.78, 5) is 12.9. The molecule has 0 saturated carbocycles. The molecule has 0 spiro atoms. The molecular weight excluding hydrogens is 444 g/mol. The number of amides is 1. The van der Waals surface area contributed by atoms with Crippen LogP contribution in [-0.4, -0.2) is 44.6 Å². The van der Waals surface area contributed by atoms with Gasteiger partial charge < -0.3 is 19.3 Å². The predicted molar refractivity (Wildman–Crippen MR) is 122 cm³/mol. The number of thioether (sulfide) groups is 1. The number of nitrogens with one attached hydrogen (secondary N) is 1. The number of tetrazole rings is 1. The fourth-order valence-corrected chi connectivity index (χ4v) is 3.61. The number of rotatable bonds is 8. The van der Waals surface area contributed by atoms with Gasteiger partial charge in [0.05, 0.1) is 24.1 Å². The average Bonchev–Trinajstić information content (AvgIpc) is 3.44. The Kier molecular flexibility index (Phi) is 6.59. The SMILES string of the molecule is COc1cc(C(=O)Nc2cccc(-n3nnnc3SC)c2)ccc1OCc1c(C)noc1C. The first-order valence-electron chi connectivity index (χ1n) is 9.97. The van der Waals surface area contributed by atoms with Gasteiger partial charge in [-0.25, -0.2) is 0 Å². The summed E-state index contributed by atoms with van der Waals surface area (Å²) in [6.07, 6.45) is 1.89.